The number of carbonyl (C=O) groups is 1. The van der Waals surface area contributed by atoms with Crippen molar-refractivity contribution in [3.63, 3.8) is 0 Å². The fourth-order valence-corrected chi connectivity index (χ4v) is 5.66. The van der Waals surface area contributed by atoms with E-state index in [0.29, 0.717) is 57.5 Å². The third-order valence-corrected chi connectivity index (χ3v) is 7.98. The van der Waals surface area contributed by atoms with Crippen LogP contribution >= 0.6 is 11.6 Å². The highest BCUT2D eigenvalue weighted by molar-refractivity contribution is 6.31. The average Bonchev–Trinajstić information content (AvgIpc) is 3.44. The first-order chi connectivity index (χ1) is 20.3. The molecule has 2 aliphatic rings. The van der Waals surface area contributed by atoms with Gasteiger partial charge in [0.1, 0.15) is 11.6 Å². The summed E-state index contributed by atoms with van der Waals surface area (Å²) in [6, 6.07) is 17.8. The lowest BCUT2D eigenvalue weighted by Gasteiger charge is -2.20. The number of rotatable bonds is 6. The Morgan fingerprint density at radius 2 is 1.95 bits per heavy atom. The fourth-order valence-electron chi connectivity index (χ4n) is 5.49. The highest BCUT2D eigenvalue weighted by Crippen LogP contribution is 2.36. The zero-order valence-corrected chi connectivity index (χ0v) is 24.3. The standard InChI is InChI=1S/C32H30ClFN6O2/c1-39(2)23-12-13-40(18-23)31(41)19-6-4-7-22(14-19)37-32-36-17-20-16-35-30(28-26(34)8-5-9-27(28)42-3)25-15-21(33)10-11-24(25)29(20)38-32/h4-11,14-15,17,23H,12-13,16,18H2,1-3H3,(H,36,37,38). The average molecular weight is 585 g/mol. The number of carbonyl (C=O) groups excluding carboxylic acids is 1. The summed E-state index contributed by atoms with van der Waals surface area (Å²) >= 11 is 6.41. The number of likely N-dealkylation sites (N-methyl/N-ethyl adjacent to an activating group) is 1. The molecule has 0 saturated carbocycles. The Morgan fingerprint density at radius 3 is 2.74 bits per heavy atom. The van der Waals surface area contributed by atoms with Crippen molar-refractivity contribution in [1.29, 1.82) is 0 Å². The molecule has 8 nitrogen and oxygen atoms in total. The number of likely N-dealkylation sites (tertiary alicyclic amines) is 1. The second-order valence-corrected chi connectivity index (χ2v) is 11.0. The third-order valence-electron chi connectivity index (χ3n) is 7.74. The van der Waals surface area contributed by atoms with E-state index >= 15 is 4.39 Å². The highest BCUT2D eigenvalue weighted by Gasteiger charge is 2.28. The Labute approximate surface area is 248 Å². The van der Waals surface area contributed by atoms with Crippen molar-refractivity contribution in [1.82, 2.24) is 19.8 Å². The first-order valence-corrected chi connectivity index (χ1v) is 14.1. The van der Waals surface area contributed by atoms with Crippen LogP contribution in [0.25, 0.3) is 11.3 Å². The van der Waals surface area contributed by atoms with E-state index in [0.717, 1.165) is 24.1 Å². The molecule has 42 heavy (non-hydrogen) atoms. The van der Waals surface area contributed by atoms with E-state index in [4.69, 9.17) is 26.3 Å². The second-order valence-electron chi connectivity index (χ2n) is 10.6. The Bertz CT molecular complexity index is 1710. The molecule has 0 radical (unpaired) electrons. The van der Waals surface area contributed by atoms with Gasteiger partial charge in [-0.05, 0) is 63.0 Å². The fraction of sp³-hybridized carbons (Fsp3) is 0.250. The molecule has 1 saturated heterocycles. The molecule has 0 aliphatic carbocycles. The molecule has 3 aromatic carbocycles. The molecule has 1 aromatic heterocycles. The van der Waals surface area contributed by atoms with Gasteiger partial charge >= 0.3 is 0 Å². The maximum Gasteiger partial charge on any atom is 0.253 e. The van der Waals surface area contributed by atoms with Crippen molar-refractivity contribution < 1.29 is 13.9 Å². The monoisotopic (exact) mass is 584 g/mol. The third kappa shape index (κ3) is 5.33. The summed E-state index contributed by atoms with van der Waals surface area (Å²) < 4.78 is 20.6. The van der Waals surface area contributed by atoms with Gasteiger partial charge in [0.05, 0.1) is 30.6 Å². The van der Waals surface area contributed by atoms with Crippen LogP contribution in [0.15, 0.2) is 71.9 Å². The molecule has 1 N–H and O–H groups in total. The van der Waals surface area contributed by atoms with Gasteiger partial charge in [-0.2, -0.15) is 0 Å². The lowest BCUT2D eigenvalue weighted by molar-refractivity contribution is 0.0783. The maximum atomic E-state index is 15.2. The second kappa shape index (κ2) is 11.5. The minimum Gasteiger partial charge on any atom is -0.496 e. The van der Waals surface area contributed by atoms with Crippen LogP contribution in [0.4, 0.5) is 16.0 Å². The van der Waals surface area contributed by atoms with Gasteiger partial charge in [-0.3, -0.25) is 9.79 Å². The summed E-state index contributed by atoms with van der Waals surface area (Å²) in [6.07, 6.45) is 2.68. The number of nitrogens with zero attached hydrogens (tertiary/aromatic N) is 5. The number of ether oxygens (including phenoxy) is 1. The van der Waals surface area contributed by atoms with Crippen LogP contribution in [-0.4, -0.2) is 71.7 Å². The number of nitrogens with one attached hydrogen (secondary N) is 1. The molecule has 10 heteroatoms. The van der Waals surface area contributed by atoms with Crippen molar-refractivity contribution in [3.8, 4) is 17.0 Å². The van der Waals surface area contributed by atoms with Crippen molar-refractivity contribution in [2.75, 3.05) is 39.6 Å². The first kappa shape index (κ1) is 27.8. The normalized spacial score (nSPS) is 16.0. The molecule has 214 valence electrons. The van der Waals surface area contributed by atoms with Gasteiger partial charge in [-0.25, -0.2) is 14.4 Å². The number of methoxy groups -OCH3 is 1. The van der Waals surface area contributed by atoms with E-state index in [1.807, 2.05) is 49.3 Å². The summed E-state index contributed by atoms with van der Waals surface area (Å²) in [4.78, 5) is 31.4. The van der Waals surface area contributed by atoms with E-state index in [9.17, 15) is 4.79 Å². The van der Waals surface area contributed by atoms with Gasteiger partial charge in [0.15, 0.2) is 0 Å². The number of benzene rings is 3. The Kier molecular flexibility index (Phi) is 7.62. The highest BCUT2D eigenvalue weighted by atomic mass is 35.5. The topological polar surface area (TPSA) is 83.0 Å². The van der Waals surface area contributed by atoms with Crippen LogP contribution in [0.3, 0.4) is 0 Å². The van der Waals surface area contributed by atoms with Crippen molar-refractivity contribution in [2.45, 2.75) is 19.0 Å². The number of halogens is 2. The van der Waals surface area contributed by atoms with Crippen molar-refractivity contribution >= 4 is 34.9 Å². The summed E-state index contributed by atoms with van der Waals surface area (Å²) in [6.45, 7) is 1.69. The number of hydrogen-bond donors (Lipinski definition) is 1. The number of anilines is 2. The number of fused-ring (bicyclic) bond motifs is 3. The summed E-state index contributed by atoms with van der Waals surface area (Å²) in [5, 5.41) is 3.74. The molecular weight excluding hydrogens is 555 g/mol. The Balaban J connectivity index is 1.32. The first-order valence-electron chi connectivity index (χ1n) is 13.7. The van der Waals surface area contributed by atoms with E-state index in [1.54, 1.807) is 30.5 Å². The van der Waals surface area contributed by atoms with E-state index < -0.39 is 5.82 Å². The predicted molar refractivity (Wildman–Crippen MR) is 162 cm³/mol. The quantitative estimate of drug-likeness (QED) is 0.308. The molecular formula is C32H30ClFN6O2. The van der Waals surface area contributed by atoms with Crippen molar-refractivity contribution in [3.05, 3.63) is 100.0 Å². The molecule has 1 amide bonds. The zero-order chi connectivity index (χ0) is 29.4. The van der Waals surface area contributed by atoms with Crippen molar-refractivity contribution in [2.24, 2.45) is 4.99 Å². The molecule has 3 heterocycles. The van der Waals surface area contributed by atoms with Gasteiger partial charge < -0.3 is 19.9 Å². The van der Waals surface area contributed by atoms with Gasteiger partial charge in [0.2, 0.25) is 5.95 Å². The smallest absolute Gasteiger partial charge is 0.253 e. The largest absolute Gasteiger partial charge is 0.496 e. The Morgan fingerprint density at radius 1 is 1.12 bits per heavy atom. The summed E-state index contributed by atoms with van der Waals surface area (Å²) in [5.74, 6) is 0.295. The number of amides is 1. The van der Waals surface area contributed by atoms with Crippen LogP contribution in [0.5, 0.6) is 5.75 Å². The van der Waals surface area contributed by atoms with E-state index in [1.165, 1.54) is 13.2 Å². The molecule has 1 atom stereocenters. The minimum absolute atomic E-state index is 0.00454. The molecule has 6 rings (SSSR count). The molecule has 1 fully saturated rings. The minimum atomic E-state index is -0.445. The van der Waals surface area contributed by atoms with Gasteiger partial charge in [0, 0.05) is 58.3 Å². The molecule has 2 aliphatic heterocycles. The SMILES string of the molecule is COc1cccc(F)c1C1=NCc2cnc(Nc3cccc(C(=O)N4CCC(N(C)C)C4)c3)nc2-c2ccc(Cl)cc21. The molecule has 0 bridgehead atoms. The van der Waals surface area contributed by atoms with Crippen LogP contribution in [-0.2, 0) is 6.54 Å². The van der Waals surface area contributed by atoms with Crippen LogP contribution in [0.2, 0.25) is 5.02 Å². The van der Waals surface area contributed by atoms with Gasteiger partial charge in [-0.15, -0.1) is 0 Å². The van der Waals surface area contributed by atoms with Gasteiger partial charge in [-0.1, -0.05) is 29.8 Å². The van der Waals surface area contributed by atoms with Crippen LogP contribution in [0, 0.1) is 5.82 Å². The van der Waals surface area contributed by atoms with Crippen LogP contribution in [0.1, 0.15) is 33.5 Å². The Hall–Kier alpha value is -4.34. The molecule has 0 spiro atoms. The summed E-state index contributed by atoms with van der Waals surface area (Å²) in [5.41, 5.74) is 4.82. The lowest BCUT2D eigenvalue weighted by atomic mass is 9.94. The predicted octanol–water partition coefficient (Wildman–Crippen LogP) is 5.82. The van der Waals surface area contributed by atoms with Crippen LogP contribution < -0.4 is 10.1 Å². The maximum absolute atomic E-state index is 15.2. The number of hydrogen-bond acceptors (Lipinski definition) is 7. The number of aliphatic imine (C=N–C) groups is 1. The molecule has 4 aromatic rings. The molecule has 1 unspecified atom stereocenters. The van der Waals surface area contributed by atoms with E-state index in [2.05, 4.69) is 15.2 Å². The zero-order valence-electron chi connectivity index (χ0n) is 23.6. The summed E-state index contributed by atoms with van der Waals surface area (Å²) in [7, 11) is 5.59. The van der Waals surface area contributed by atoms with E-state index in [-0.39, 0.29) is 18.0 Å². The van der Waals surface area contributed by atoms with Gasteiger partial charge in [0.25, 0.3) is 5.91 Å². The lowest BCUT2D eigenvalue weighted by Crippen LogP contribution is -2.34. The number of aromatic nitrogens is 2.